The molecular weight excluding hydrogens is 916 g/mol. The van der Waals surface area contributed by atoms with E-state index >= 15 is 0 Å². The number of amides is 1. The third kappa shape index (κ3) is 15.3. The van der Waals surface area contributed by atoms with E-state index in [1.165, 1.54) is 44.1 Å². The third-order valence-electron chi connectivity index (χ3n) is 14.8. The first-order valence-electron chi connectivity index (χ1n) is 26.0. The molecule has 0 spiro atoms. The zero-order valence-electron chi connectivity index (χ0n) is 42.8. The lowest BCUT2D eigenvalue weighted by Crippen LogP contribution is -2.45. The summed E-state index contributed by atoms with van der Waals surface area (Å²) in [4.78, 5) is 33.3. The number of aromatic nitrogens is 6. The number of aryl methyl sites for hydroxylation is 2. The Hall–Kier alpha value is -5.35. The molecule has 4 bridgehead atoms. The fourth-order valence-electron chi connectivity index (χ4n) is 11.5. The maximum absolute atomic E-state index is 12.6. The molecule has 384 valence electrons. The number of halogens is 1. The van der Waals surface area contributed by atoms with E-state index in [4.69, 9.17) is 28.4 Å². The van der Waals surface area contributed by atoms with Crippen LogP contribution in [0.15, 0.2) is 70.9 Å². The minimum atomic E-state index is -0.386. The summed E-state index contributed by atoms with van der Waals surface area (Å²) in [5, 5.41) is 27.3. The van der Waals surface area contributed by atoms with Crippen LogP contribution in [-0.2, 0) is 9.59 Å². The number of fused-ring (bicyclic) bond motifs is 4. The van der Waals surface area contributed by atoms with Crippen LogP contribution in [0, 0.1) is 13.8 Å². The van der Waals surface area contributed by atoms with Crippen molar-refractivity contribution in [2.24, 2.45) is 16.0 Å². The van der Waals surface area contributed by atoms with E-state index in [2.05, 4.69) is 149 Å². The van der Waals surface area contributed by atoms with Crippen LogP contribution < -0.4 is 11.1 Å². The van der Waals surface area contributed by atoms with Gasteiger partial charge in [0.15, 0.2) is 0 Å². The van der Waals surface area contributed by atoms with Crippen molar-refractivity contribution in [2.75, 3.05) is 26.2 Å². The van der Waals surface area contributed by atoms with E-state index in [-0.39, 0.29) is 29.7 Å². The van der Waals surface area contributed by atoms with Crippen molar-refractivity contribution in [1.29, 1.82) is 0 Å². The quantitative estimate of drug-likeness (QED) is 0.0265. The summed E-state index contributed by atoms with van der Waals surface area (Å²) in [6, 6.07) is 24.4. The molecule has 2 aromatic heterocycles. The molecule has 6 atom stereocenters. The highest BCUT2D eigenvalue weighted by Gasteiger charge is 2.43. The summed E-state index contributed by atoms with van der Waals surface area (Å²) < 4.78 is 4.83. The molecule has 3 N–H and O–H groups in total. The molecule has 0 radical (unpaired) electrons. The molecule has 19 heteroatoms. The summed E-state index contributed by atoms with van der Waals surface area (Å²) in [5.41, 5.74) is 25.0. The number of rotatable bonds is 21. The van der Waals surface area contributed by atoms with Crippen LogP contribution in [0.3, 0.4) is 0 Å². The number of nitrogens with two attached hydrogens (primary N) is 1. The first-order chi connectivity index (χ1) is 34.3. The van der Waals surface area contributed by atoms with E-state index in [0.29, 0.717) is 80.4 Å². The first-order valence-corrected chi connectivity index (χ1v) is 26.4. The lowest BCUT2D eigenvalue weighted by Gasteiger charge is -2.40. The lowest BCUT2D eigenvalue weighted by atomic mass is 9.95. The molecule has 0 aliphatic carbocycles. The van der Waals surface area contributed by atoms with Crippen LogP contribution in [0.5, 0.6) is 0 Å². The number of nitrogens with one attached hydrogen (secondary N) is 1. The molecule has 4 saturated heterocycles. The SMILES string of the molecule is Cc1nnc(C(C)C)n1C1CC2CCC(C1)N2CC[C@H](N)c1ccccc1.Cc1nnc(C(C)C)n1C1CC2CCC(C1)N2CC[C@H](NC(=O)CCCN=[N+]=[N-])c1ccccc1.[N-]=[N+]=NCCCC(=O)Cl. The van der Waals surface area contributed by atoms with Gasteiger partial charge in [-0.2, -0.15) is 0 Å². The highest BCUT2D eigenvalue weighted by molar-refractivity contribution is 6.63. The van der Waals surface area contributed by atoms with Gasteiger partial charge >= 0.3 is 0 Å². The Bertz CT molecular complexity index is 2350. The summed E-state index contributed by atoms with van der Waals surface area (Å²) >= 11 is 4.98. The molecule has 4 unspecified atom stereocenters. The average molecular weight is 994 g/mol. The third-order valence-corrected chi connectivity index (χ3v) is 15.0. The lowest BCUT2D eigenvalue weighted by molar-refractivity contribution is -0.122. The van der Waals surface area contributed by atoms with E-state index in [9.17, 15) is 9.59 Å². The van der Waals surface area contributed by atoms with Crippen LogP contribution in [0.4, 0.5) is 0 Å². The normalized spacial score (nSPS) is 22.3. The predicted molar refractivity (Wildman–Crippen MR) is 279 cm³/mol. The summed E-state index contributed by atoms with van der Waals surface area (Å²) in [6.45, 7) is 15.8. The van der Waals surface area contributed by atoms with Gasteiger partial charge in [-0.15, -0.1) is 20.4 Å². The van der Waals surface area contributed by atoms with Crippen LogP contribution >= 0.6 is 11.6 Å². The summed E-state index contributed by atoms with van der Waals surface area (Å²) in [7, 11) is 0. The zero-order chi connectivity index (χ0) is 50.9. The molecule has 1 amide bonds. The van der Waals surface area contributed by atoms with Gasteiger partial charge in [0.2, 0.25) is 11.1 Å². The highest BCUT2D eigenvalue weighted by Crippen LogP contribution is 2.44. The Labute approximate surface area is 425 Å². The van der Waals surface area contributed by atoms with Gasteiger partial charge in [-0.3, -0.25) is 19.4 Å². The second kappa shape index (κ2) is 27.5. The molecule has 2 aromatic carbocycles. The van der Waals surface area contributed by atoms with Crippen molar-refractivity contribution < 1.29 is 9.59 Å². The second-order valence-corrected chi connectivity index (χ2v) is 20.8. The van der Waals surface area contributed by atoms with Crippen molar-refractivity contribution in [2.45, 2.75) is 192 Å². The number of hydrogen-bond donors (Lipinski definition) is 2. The van der Waals surface area contributed by atoms with Gasteiger partial charge in [-0.25, -0.2) is 0 Å². The average Bonchev–Trinajstić information content (AvgIpc) is 4.08. The number of piperidine rings is 2. The minimum absolute atomic E-state index is 0.0120. The van der Waals surface area contributed by atoms with Crippen LogP contribution in [0.2, 0.25) is 0 Å². The van der Waals surface area contributed by atoms with E-state index in [1.807, 2.05) is 18.2 Å². The Morgan fingerprint density at radius 3 is 1.51 bits per heavy atom. The molecule has 4 fully saturated rings. The fraction of sp³-hybridized carbons (Fsp3) is 0.654. The van der Waals surface area contributed by atoms with Crippen LogP contribution in [0.1, 0.15) is 188 Å². The molecule has 71 heavy (non-hydrogen) atoms. The maximum Gasteiger partial charge on any atom is 0.221 e. The van der Waals surface area contributed by atoms with Crippen LogP contribution in [0.25, 0.3) is 20.9 Å². The van der Waals surface area contributed by atoms with Crippen LogP contribution in [-0.4, -0.2) is 101 Å². The molecule has 18 nitrogen and oxygen atoms in total. The van der Waals surface area contributed by atoms with Gasteiger partial charge < -0.3 is 20.2 Å². The second-order valence-electron chi connectivity index (χ2n) is 20.4. The molecule has 4 aliphatic heterocycles. The Balaban J connectivity index is 0.000000203. The van der Waals surface area contributed by atoms with E-state index in [0.717, 1.165) is 67.6 Å². The number of benzene rings is 2. The number of carbonyl (C=O) groups is 2. The van der Waals surface area contributed by atoms with Crippen molar-refractivity contribution in [1.82, 2.24) is 44.6 Å². The minimum Gasteiger partial charge on any atom is -0.349 e. The van der Waals surface area contributed by atoms with Gasteiger partial charge in [0.1, 0.15) is 23.3 Å². The van der Waals surface area contributed by atoms with Gasteiger partial charge in [-0.1, -0.05) is 98.6 Å². The fourth-order valence-corrected chi connectivity index (χ4v) is 11.6. The van der Waals surface area contributed by atoms with Gasteiger partial charge in [0, 0.05) is 103 Å². The number of carbonyl (C=O) groups excluding carboxylic acids is 2. The summed E-state index contributed by atoms with van der Waals surface area (Å²) in [5.74, 6) is 5.16. The van der Waals surface area contributed by atoms with Crippen molar-refractivity contribution in [3.8, 4) is 0 Å². The van der Waals surface area contributed by atoms with Gasteiger partial charge in [0.25, 0.3) is 0 Å². The van der Waals surface area contributed by atoms with Gasteiger partial charge in [0.05, 0.1) is 6.04 Å². The Morgan fingerprint density at radius 2 is 1.08 bits per heavy atom. The molecule has 8 rings (SSSR count). The number of nitrogens with zero attached hydrogens (tertiary/aromatic N) is 14. The zero-order valence-corrected chi connectivity index (χ0v) is 43.6. The molecule has 6 heterocycles. The smallest absolute Gasteiger partial charge is 0.221 e. The number of hydrogen-bond acceptors (Lipinski definition) is 11. The topological polar surface area (TPSA) is 238 Å². The molecular formula is C52H77ClN16O2. The van der Waals surface area contributed by atoms with E-state index < -0.39 is 0 Å². The Morgan fingerprint density at radius 1 is 0.662 bits per heavy atom. The Kier molecular flexibility index (Phi) is 21.3. The van der Waals surface area contributed by atoms with Crippen molar-refractivity contribution >= 4 is 22.8 Å². The number of azide groups is 2. The van der Waals surface area contributed by atoms with Crippen molar-refractivity contribution in [3.63, 3.8) is 0 Å². The molecule has 4 aromatic rings. The highest BCUT2D eigenvalue weighted by atomic mass is 35.5. The molecule has 0 saturated carbocycles. The predicted octanol–water partition coefficient (Wildman–Crippen LogP) is 11.0. The monoisotopic (exact) mass is 993 g/mol. The summed E-state index contributed by atoms with van der Waals surface area (Å²) in [6.07, 6.45) is 13.5. The van der Waals surface area contributed by atoms with E-state index in [1.54, 1.807) is 0 Å². The largest absolute Gasteiger partial charge is 0.349 e. The standard InChI is InChI=1S/C26H38N8O.C22H33N5.C4H6ClN3O/c1-18(2)26-31-30-19(3)34(26)23-16-21-11-12-22(17-23)33(21)15-13-24(20-8-5-4-6-9-20)29-25(35)10-7-14-28-32-27;1-15(2)22-25-24-16(3)27(22)20-13-18-9-10-19(14-20)26(18)12-11-21(23)17-7-5-4-6-8-17;5-4(9)2-1-3-7-8-6/h4-6,8-9,18,21-24H,7,10-17H2,1-3H3,(H,29,35);4-8,15,18-21H,9-14,23H2,1-3H3;1-3H2/t21?,22?,23?,24-;18?,19?,20?,21-;/m00./s1. The molecule has 4 aliphatic rings. The first kappa shape index (κ1) is 55.0. The maximum atomic E-state index is 12.6. The van der Waals surface area contributed by atoms with Gasteiger partial charge in [-0.05, 0) is 125 Å². The van der Waals surface area contributed by atoms with Crippen molar-refractivity contribution in [3.05, 3.63) is 116 Å².